The predicted molar refractivity (Wildman–Crippen MR) is 91.0 cm³/mol. The third kappa shape index (κ3) is 3.85. The molecule has 3 rings (SSSR count). The lowest BCUT2D eigenvalue weighted by molar-refractivity contribution is -0.136. The van der Waals surface area contributed by atoms with Crippen molar-refractivity contribution < 1.29 is 9.59 Å². The van der Waals surface area contributed by atoms with Crippen molar-refractivity contribution in [3.05, 3.63) is 35.9 Å². The molecule has 6 heteroatoms. The van der Waals surface area contributed by atoms with E-state index in [9.17, 15) is 9.59 Å². The first-order valence-electron chi connectivity index (χ1n) is 8.01. The summed E-state index contributed by atoms with van der Waals surface area (Å²) in [6.07, 6.45) is 2.33. The average Bonchev–Trinajstić information content (AvgIpc) is 3.15. The van der Waals surface area contributed by atoms with Gasteiger partial charge in [-0.1, -0.05) is 30.3 Å². The summed E-state index contributed by atoms with van der Waals surface area (Å²) < 4.78 is 0. The Kier molecular flexibility index (Phi) is 6.02. The van der Waals surface area contributed by atoms with Crippen molar-refractivity contribution >= 4 is 24.2 Å². The lowest BCUT2D eigenvalue weighted by Gasteiger charge is -2.26. The fourth-order valence-electron chi connectivity index (χ4n) is 3.50. The maximum absolute atomic E-state index is 12.7. The first kappa shape index (κ1) is 17.8. The number of amides is 2. The van der Waals surface area contributed by atoms with Crippen molar-refractivity contribution in [3.8, 4) is 0 Å². The number of carbonyl (C=O) groups excluding carboxylic acids is 2. The van der Waals surface area contributed by atoms with Gasteiger partial charge in [0.1, 0.15) is 0 Å². The smallest absolute Gasteiger partial charge is 0.228 e. The summed E-state index contributed by atoms with van der Waals surface area (Å²) in [4.78, 5) is 28.5. The lowest BCUT2D eigenvalue weighted by Crippen LogP contribution is -2.43. The quantitative estimate of drug-likeness (QED) is 0.903. The minimum absolute atomic E-state index is 0. The van der Waals surface area contributed by atoms with Gasteiger partial charge >= 0.3 is 0 Å². The molecule has 2 N–H and O–H groups in total. The van der Waals surface area contributed by atoms with Crippen LogP contribution in [0.2, 0.25) is 0 Å². The number of carbonyl (C=O) groups is 2. The third-order valence-corrected chi connectivity index (χ3v) is 4.71. The SMILES string of the molecule is Cl.NCC1CCCN1C(=O)C1CC(=O)N(Cc2ccccc2)C1. The zero-order chi connectivity index (χ0) is 15.5. The van der Waals surface area contributed by atoms with E-state index in [0.717, 1.165) is 24.9 Å². The Bertz CT molecular complexity index is 552. The summed E-state index contributed by atoms with van der Waals surface area (Å²) in [6, 6.07) is 10.1. The number of nitrogens with zero attached hydrogens (tertiary/aromatic N) is 2. The molecule has 2 aliphatic heterocycles. The largest absolute Gasteiger partial charge is 0.338 e. The van der Waals surface area contributed by atoms with Crippen LogP contribution >= 0.6 is 12.4 Å². The van der Waals surface area contributed by atoms with E-state index >= 15 is 0 Å². The Morgan fingerprint density at radius 3 is 2.70 bits per heavy atom. The van der Waals surface area contributed by atoms with E-state index < -0.39 is 0 Å². The van der Waals surface area contributed by atoms with E-state index in [1.807, 2.05) is 35.2 Å². The maximum Gasteiger partial charge on any atom is 0.228 e. The van der Waals surface area contributed by atoms with Crippen molar-refractivity contribution in [1.82, 2.24) is 9.80 Å². The van der Waals surface area contributed by atoms with Crippen molar-refractivity contribution in [2.24, 2.45) is 11.7 Å². The van der Waals surface area contributed by atoms with Crippen LogP contribution in [0.1, 0.15) is 24.8 Å². The maximum atomic E-state index is 12.7. The van der Waals surface area contributed by atoms with Crippen molar-refractivity contribution in [1.29, 1.82) is 0 Å². The molecule has 2 unspecified atom stereocenters. The van der Waals surface area contributed by atoms with Crippen LogP contribution in [0.15, 0.2) is 30.3 Å². The minimum atomic E-state index is -0.205. The molecule has 0 aliphatic carbocycles. The third-order valence-electron chi connectivity index (χ3n) is 4.71. The van der Waals surface area contributed by atoms with Gasteiger partial charge < -0.3 is 15.5 Å². The number of hydrogen-bond donors (Lipinski definition) is 1. The first-order valence-corrected chi connectivity index (χ1v) is 8.01. The Labute approximate surface area is 143 Å². The first-order chi connectivity index (χ1) is 10.7. The minimum Gasteiger partial charge on any atom is -0.338 e. The van der Waals surface area contributed by atoms with Gasteiger partial charge in [0.25, 0.3) is 0 Å². The van der Waals surface area contributed by atoms with Crippen molar-refractivity contribution in [2.75, 3.05) is 19.6 Å². The Balaban J connectivity index is 0.00000192. The highest BCUT2D eigenvalue weighted by atomic mass is 35.5. The molecule has 126 valence electrons. The number of likely N-dealkylation sites (tertiary alicyclic amines) is 2. The molecule has 2 amide bonds. The molecule has 0 aromatic heterocycles. The number of halogens is 1. The van der Waals surface area contributed by atoms with Crippen LogP contribution in [-0.4, -0.2) is 47.3 Å². The second kappa shape index (κ2) is 7.79. The monoisotopic (exact) mass is 337 g/mol. The predicted octanol–water partition coefficient (Wildman–Crippen LogP) is 1.41. The normalized spacial score (nSPS) is 24.0. The van der Waals surface area contributed by atoms with Crippen LogP contribution in [0.4, 0.5) is 0 Å². The summed E-state index contributed by atoms with van der Waals surface area (Å²) in [6.45, 7) is 2.41. The van der Waals surface area contributed by atoms with Crippen LogP contribution < -0.4 is 5.73 Å². The van der Waals surface area contributed by atoms with Gasteiger partial charge in [-0.05, 0) is 18.4 Å². The van der Waals surface area contributed by atoms with Crippen molar-refractivity contribution in [2.45, 2.75) is 31.8 Å². The highest BCUT2D eigenvalue weighted by Crippen LogP contribution is 2.26. The molecule has 0 radical (unpaired) electrons. The molecule has 0 spiro atoms. The molecule has 2 atom stereocenters. The van der Waals surface area contributed by atoms with Gasteiger partial charge in [-0.25, -0.2) is 0 Å². The Morgan fingerprint density at radius 2 is 2.00 bits per heavy atom. The molecule has 1 aromatic carbocycles. The van der Waals surface area contributed by atoms with E-state index in [2.05, 4.69) is 0 Å². The van der Waals surface area contributed by atoms with E-state index in [1.54, 1.807) is 4.90 Å². The van der Waals surface area contributed by atoms with E-state index in [1.165, 1.54) is 0 Å². The fourth-order valence-corrected chi connectivity index (χ4v) is 3.50. The van der Waals surface area contributed by atoms with Gasteiger partial charge in [0.15, 0.2) is 0 Å². The number of hydrogen-bond acceptors (Lipinski definition) is 3. The van der Waals surface area contributed by atoms with Crippen LogP contribution in [-0.2, 0) is 16.1 Å². The van der Waals surface area contributed by atoms with Crippen LogP contribution in [0.3, 0.4) is 0 Å². The number of benzene rings is 1. The van der Waals surface area contributed by atoms with Gasteiger partial charge in [-0.2, -0.15) is 0 Å². The summed E-state index contributed by atoms with van der Waals surface area (Å²) >= 11 is 0. The second-order valence-corrected chi connectivity index (χ2v) is 6.22. The van der Waals surface area contributed by atoms with Gasteiger partial charge in [-0.3, -0.25) is 9.59 Å². The van der Waals surface area contributed by atoms with Gasteiger partial charge in [-0.15, -0.1) is 12.4 Å². The molecular weight excluding hydrogens is 314 g/mol. The van der Waals surface area contributed by atoms with Crippen LogP contribution in [0.25, 0.3) is 0 Å². The van der Waals surface area contributed by atoms with E-state index in [-0.39, 0.29) is 36.2 Å². The number of nitrogens with two attached hydrogens (primary N) is 1. The molecule has 23 heavy (non-hydrogen) atoms. The highest BCUT2D eigenvalue weighted by molar-refractivity contribution is 5.89. The summed E-state index contributed by atoms with van der Waals surface area (Å²) in [5, 5.41) is 0. The van der Waals surface area contributed by atoms with E-state index in [4.69, 9.17) is 5.73 Å². The lowest BCUT2D eigenvalue weighted by atomic mass is 10.1. The molecule has 2 fully saturated rings. The number of rotatable bonds is 4. The Morgan fingerprint density at radius 1 is 1.26 bits per heavy atom. The standard InChI is InChI=1S/C17H23N3O2.ClH/c18-10-15-7-4-8-20(15)17(22)14-9-16(21)19(12-14)11-13-5-2-1-3-6-13;/h1-3,5-6,14-15H,4,7-12,18H2;1H. The molecular formula is C17H24ClN3O2. The van der Waals surface area contributed by atoms with E-state index in [0.29, 0.717) is 26.1 Å². The van der Waals surface area contributed by atoms with Gasteiger partial charge in [0.05, 0.1) is 5.92 Å². The van der Waals surface area contributed by atoms with Crippen LogP contribution in [0, 0.1) is 5.92 Å². The molecule has 2 heterocycles. The van der Waals surface area contributed by atoms with Crippen molar-refractivity contribution in [3.63, 3.8) is 0 Å². The highest BCUT2D eigenvalue weighted by Gasteiger charge is 2.39. The molecule has 5 nitrogen and oxygen atoms in total. The molecule has 0 saturated carbocycles. The molecule has 2 saturated heterocycles. The molecule has 1 aromatic rings. The summed E-state index contributed by atoms with van der Waals surface area (Å²) in [5.74, 6) is -0.0223. The molecule has 0 bridgehead atoms. The van der Waals surface area contributed by atoms with Gasteiger partial charge in [0, 0.05) is 38.6 Å². The zero-order valence-corrected chi connectivity index (χ0v) is 14.0. The average molecular weight is 338 g/mol. The van der Waals surface area contributed by atoms with Gasteiger partial charge in [0.2, 0.25) is 11.8 Å². The topological polar surface area (TPSA) is 66.6 Å². The Hall–Kier alpha value is -1.59. The summed E-state index contributed by atoms with van der Waals surface area (Å²) in [7, 11) is 0. The summed E-state index contributed by atoms with van der Waals surface area (Å²) in [5.41, 5.74) is 6.85. The van der Waals surface area contributed by atoms with Crippen LogP contribution in [0.5, 0.6) is 0 Å². The molecule has 2 aliphatic rings. The zero-order valence-electron chi connectivity index (χ0n) is 13.2. The second-order valence-electron chi connectivity index (χ2n) is 6.22. The fraction of sp³-hybridized carbons (Fsp3) is 0.529.